The average Bonchev–Trinajstić information content (AvgIpc) is 2.74. The predicted molar refractivity (Wildman–Crippen MR) is 70.2 cm³/mol. The highest BCUT2D eigenvalue weighted by Crippen LogP contribution is 2.20. The molecule has 1 fully saturated rings. The molecule has 0 saturated carbocycles. The molecule has 0 bridgehead atoms. The zero-order chi connectivity index (χ0) is 12.4. The van der Waals surface area contributed by atoms with Gasteiger partial charge in [0.15, 0.2) is 0 Å². The number of nitrogens with two attached hydrogens (primary N) is 1. The van der Waals surface area contributed by atoms with Crippen LogP contribution in [-0.4, -0.2) is 41.9 Å². The molecule has 2 heterocycles. The van der Waals surface area contributed by atoms with E-state index in [1.54, 1.807) is 6.20 Å². The van der Waals surface area contributed by atoms with E-state index in [9.17, 15) is 0 Å². The zero-order valence-corrected chi connectivity index (χ0v) is 10.5. The molecule has 2 atom stereocenters. The molecule has 1 aliphatic rings. The number of rotatable bonds is 2. The number of nitrogen functional groups attached to an aromatic ring is 1. The lowest BCUT2D eigenvalue weighted by atomic mass is 9.93. The van der Waals surface area contributed by atoms with Gasteiger partial charge in [-0.25, -0.2) is 0 Å². The third kappa shape index (κ3) is 2.29. The number of aromatic nitrogens is 1. The van der Waals surface area contributed by atoms with Crippen molar-refractivity contribution in [2.75, 3.05) is 25.9 Å². The van der Waals surface area contributed by atoms with Crippen molar-refractivity contribution in [1.29, 1.82) is 5.41 Å². The Labute approximate surface area is 102 Å². The second-order valence-corrected chi connectivity index (χ2v) is 4.80. The number of anilines is 1. The molecule has 0 aliphatic carbocycles. The summed E-state index contributed by atoms with van der Waals surface area (Å²) in [5, 5.41) is 11.6. The highest BCUT2D eigenvalue weighted by Gasteiger charge is 2.27. The number of hydrogen-bond acceptors (Lipinski definition) is 3. The van der Waals surface area contributed by atoms with Crippen molar-refractivity contribution in [1.82, 2.24) is 15.2 Å². The molecule has 0 spiro atoms. The Morgan fingerprint density at radius 2 is 2.35 bits per heavy atom. The SMILES string of the molecule is C[C@@H]1CCNC[C@@H]1N(C)C(=N)c1cc[nH]c1N. The Bertz CT molecular complexity index is 397. The summed E-state index contributed by atoms with van der Waals surface area (Å²) in [4.78, 5) is 4.94. The molecular formula is C12H21N5. The van der Waals surface area contributed by atoms with Crippen LogP contribution in [0.2, 0.25) is 0 Å². The van der Waals surface area contributed by atoms with Crippen molar-refractivity contribution in [3.8, 4) is 0 Å². The van der Waals surface area contributed by atoms with E-state index >= 15 is 0 Å². The lowest BCUT2D eigenvalue weighted by Crippen LogP contribution is -2.51. The molecular weight excluding hydrogens is 214 g/mol. The molecule has 0 aromatic carbocycles. The molecule has 0 amide bonds. The van der Waals surface area contributed by atoms with Gasteiger partial charge < -0.3 is 20.9 Å². The minimum absolute atomic E-state index is 0.366. The Kier molecular flexibility index (Phi) is 3.38. The van der Waals surface area contributed by atoms with Gasteiger partial charge in [-0.3, -0.25) is 5.41 Å². The van der Waals surface area contributed by atoms with Crippen LogP contribution >= 0.6 is 0 Å². The topological polar surface area (TPSA) is 80.9 Å². The van der Waals surface area contributed by atoms with Gasteiger partial charge in [0, 0.05) is 25.8 Å². The van der Waals surface area contributed by atoms with Gasteiger partial charge in [-0.2, -0.15) is 0 Å². The molecule has 5 N–H and O–H groups in total. The quantitative estimate of drug-likeness (QED) is 0.453. The third-order valence-corrected chi connectivity index (χ3v) is 3.67. The summed E-state index contributed by atoms with van der Waals surface area (Å²) in [6.45, 7) is 4.26. The van der Waals surface area contributed by atoms with Crippen LogP contribution in [0.4, 0.5) is 5.82 Å². The van der Waals surface area contributed by atoms with Crippen LogP contribution in [0.15, 0.2) is 12.3 Å². The molecule has 1 aliphatic heterocycles. The van der Waals surface area contributed by atoms with Crippen molar-refractivity contribution >= 4 is 11.7 Å². The molecule has 94 valence electrons. The normalized spacial score (nSPS) is 24.6. The first kappa shape index (κ1) is 12.0. The predicted octanol–water partition coefficient (Wildman–Crippen LogP) is 0.852. The molecule has 1 aromatic heterocycles. The van der Waals surface area contributed by atoms with E-state index in [1.165, 1.54) is 0 Å². The van der Waals surface area contributed by atoms with Gasteiger partial charge >= 0.3 is 0 Å². The molecule has 17 heavy (non-hydrogen) atoms. The first-order chi connectivity index (χ1) is 8.11. The Morgan fingerprint density at radius 1 is 1.59 bits per heavy atom. The maximum atomic E-state index is 8.22. The molecule has 1 aromatic rings. The second-order valence-electron chi connectivity index (χ2n) is 4.80. The Hall–Kier alpha value is -1.49. The van der Waals surface area contributed by atoms with Gasteiger partial charge in [-0.05, 0) is 24.9 Å². The van der Waals surface area contributed by atoms with Gasteiger partial charge in [0.05, 0.1) is 5.56 Å². The molecule has 5 heteroatoms. The maximum Gasteiger partial charge on any atom is 0.131 e. The fourth-order valence-electron chi connectivity index (χ4n) is 2.44. The summed E-state index contributed by atoms with van der Waals surface area (Å²) < 4.78 is 0. The lowest BCUT2D eigenvalue weighted by molar-refractivity contribution is 0.219. The van der Waals surface area contributed by atoms with E-state index in [4.69, 9.17) is 11.1 Å². The van der Waals surface area contributed by atoms with Crippen LogP contribution in [0.3, 0.4) is 0 Å². The fraction of sp³-hybridized carbons (Fsp3) is 0.583. The van der Waals surface area contributed by atoms with Crippen molar-refractivity contribution in [2.45, 2.75) is 19.4 Å². The van der Waals surface area contributed by atoms with Crippen molar-refractivity contribution in [3.05, 3.63) is 17.8 Å². The molecule has 5 nitrogen and oxygen atoms in total. The van der Waals surface area contributed by atoms with E-state index in [1.807, 2.05) is 18.0 Å². The summed E-state index contributed by atoms with van der Waals surface area (Å²) in [5.41, 5.74) is 6.59. The fourth-order valence-corrected chi connectivity index (χ4v) is 2.44. The van der Waals surface area contributed by atoms with Gasteiger partial charge in [-0.1, -0.05) is 6.92 Å². The largest absolute Gasteiger partial charge is 0.385 e. The summed E-state index contributed by atoms with van der Waals surface area (Å²) in [6, 6.07) is 2.22. The molecule has 2 rings (SSSR count). The highest BCUT2D eigenvalue weighted by molar-refractivity contribution is 6.00. The number of hydrogen-bond donors (Lipinski definition) is 4. The van der Waals surface area contributed by atoms with Crippen LogP contribution in [0.1, 0.15) is 18.9 Å². The minimum atomic E-state index is 0.366. The third-order valence-electron chi connectivity index (χ3n) is 3.67. The summed E-state index contributed by atoms with van der Waals surface area (Å²) in [5.74, 6) is 1.66. The number of piperidine rings is 1. The molecule has 1 saturated heterocycles. The van der Waals surface area contributed by atoms with Crippen molar-refractivity contribution in [3.63, 3.8) is 0 Å². The smallest absolute Gasteiger partial charge is 0.131 e. The van der Waals surface area contributed by atoms with E-state index < -0.39 is 0 Å². The van der Waals surface area contributed by atoms with Crippen LogP contribution in [-0.2, 0) is 0 Å². The van der Waals surface area contributed by atoms with E-state index in [0.717, 1.165) is 25.1 Å². The van der Waals surface area contributed by atoms with Crippen molar-refractivity contribution in [2.24, 2.45) is 5.92 Å². The summed E-state index contributed by atoms with van der Waals surface area (Å²) >= 11 is 0. The standard InChI is InChI=1S/C12H21N5/c1-8-3-5-15-7-10(8)17(2)12(14)9-4-6-16-11(9)13/h4,6,8,10,14-16H,3,5,7,13H2,1-2H3/t8-,10+/m1/s1. The summed E-state index contributed by atoms with van der Waals surface area (Å²) in [7, 11) is 1.98. The van der Waals surface area contributed by atoms with Gasteiger partial charge in [0.1, 0.15) is 11.7 Å². The number of likely N-dealkylation sites (N-methyl/N-ethyl adjacent to an activating group) is 1. The van der Waals surface area contributed by atoms with Crippen LogP contribution in [0.5, 0.6) is 0 Å². The van der Waals surface area contributed by atoms with Crippen molar-refractivity contribution < 1.29 is 0 Å². The zero-order valence-electron chi connectivity index (χ0n) is 10.5. The van der Waals surface area contributed by atoms with Crippen LogP contribution in [0.25, 0.3) is 0 Å². The first-order valence-corrected chi connectivity index (χ1v) is 6.06. The number of aromatic amines is 1. The average molecular weight is 235 g/mol. The first-order valence-electron chi connectivity index (χ1n) is 6.06. The molecule has 0 unspecified atom stereocenters. The monoisotopic (exact) mass is 235 g/mol. The van der Waals surface area contributed by atoms with Gasteiger partial charge in [-0.15, -0.1) is 0 Å². The summed E-state index contributed by atoms with van der Waals surface area (Å²) in [6.07, 6.45) is 2.93. The Balaban J connectivity index is 2.11. The maximum absolute atomic E-state index is 8.22. The number of H-pyrrole nitrogens is 1. The van der Waals surface area contributed by atoms with Gasteiger partial charge in [0.25, 0.3) is 0 Å². The lowest BCUT2D eigenvalue weighted by Gasteiger charge is -2.38. The minimum Gasteiger partial charge on any atom is -0.385 e. The second kappa shape index (κ2) is 4.79. The van der Waals surface area contributed by atoms with E-state index in [0.29, 0.717) is 23.6 Å². The molecule has 0 radical (unpaired) electrons. The Morgan fingerprint density at radius 3 is 2.94 bits per heavy atom. The number of nitrogens with one attached hydrogen (secondary N) is 3. The van der Waals surface area contributed by atoms with E-state index in [2.05, 4.69) is 17.2 Å². The number of nitrogens with zero attached hydrogens (tertiary/aromatic N) is 1. The van der Waals surface area contributed by atoms with Gasteiger partial charge in [0.2, 0.25) is 0 Å². The van der Waals surface area contributed by atoms with Crippen LogP contribution in [0, 0.1) is 11.3 Å². The van der Waals surface area contributed by atoms with E-state index in [-0.39, 0.29) is 0 Å². The highest BCUT2D eigenvalue weighted by atomic mass is 15.2. The van der Waals surface area contributed by atoms with Crippen LogP contribution < -0.4 is 11.1 Å². The number of amidine groups is 1.